The van der Waals surface area contributed by atoms with Crippen molar-refractivity contribution in [2.45, 2.75) is 39.3 Å². The molecule has 2 rings (SSSR count). The van der Waals surface area contributed by atoms with Crippen LogP contribution >= 0.6 is 0 Å². The fourth-order valence-electron chi connectivity index (χ4n) is 2.43. The Kier molecular flexibility index (Phi) is 4.59. The van der Waals surface area contributed by atoms with Crippen LogP contribution < -0.4 is 5.32 Å². The molecule has 1 unspecified atom stereocenters. The molecule has 1 aromatic carbocycles. The number of rotatable bonds is 6. The van der Waals surface area contributed by atoms with Crippen molar-refractivity contribution >= 4 is 10.9 Å². The fraction of sp³-hybridized carbons (Fsp3) is 0.438. The number of hydrogen-bond acceptors (Lipinski definition) is 2. The highest BCUT2D eigenvalue weighted by molar-refractivity contribution is 5.81. The van der Waals surface area contributed by atoms with Gasteiger partial charge in [-0.15, -0.1) is 0 Å². The average Bonchev–Trinajstić information content (AvgIpc) is 2.81. The van der Waals surface area contributed by atoms with Gasteiger partial charge in [-0.1, -0.05) is 13.3 Å². The van der Waals surface area contributed by atoms with Crippen molar-refractivity contribution in [3.8, 4) is 6.07 Å². The van der Waals surface area contributed by atoms with Gasteiger partial charge in [0, 0.05) is 36.2 Å². The van der Waals surface area contributed by atoms with Crippen molar-refractivity contribution in [2.75, 3.05) is 6.54 Å². The number of aromatic nitrogens is 1. The van der Waals surface area contributed by atoms with E-state index in [1.54, 1.807) is 0 Å². The summed E-state index contributed by atoms with van der Waals surface area (Å²) in [6.45, 7) is 6.38. The fourth-order valence-corrected chi connectivity index (χ4v) is 2.43. The molecule has 100 valence electrons. The van der Waals surface area contributed by atoms with E-state index in [0.29, 0.717) is 6.04 Å². The largest absolute Gasteiger partial charge is 0.346 e. The van der Waals surface area contributed by atoms with Gasteiger partial charge in [0.25, 0.3) is 0 Å². The Labute approximate surface area is 114 Å². The van der Waals surface area contributed by atoms with Crippen molar-refractivity contribution in [1.29, 1.82) is 5.26 Å². The molecule has 19 heavy (non-hydrogen) atoms. The number of nitrogens with one attached hydrogen (secondary N) is 1. The van der Waals surface area contributed by atoms with Gasteiger partial charge in [-0.2, -0.15) is 5.26 Å². The third kappa shape index (κ3) is 3.36. The van der Waals surface area contributed by atoms with E-state index in [1.165, 1.54) is 18.4 Å². The zero-order valence-corrected chi connectivity index (χ0v) is 11.7. The Bertz CT molecular complexity index is 577. The van der Waals surface area contributed by atoms with Gasteiger partial charge in [-0.3, -0.25) is 0 Å². The molecule has 0 aliphatic rings. The summed E-state index contributed by atoms with van der Waals surface area (Å²) in [5, 5.41) is 13.6. The monoisotopic (exact) mass is 255 g/mol. The van der Waals surface area contributed by atoms with Crippen LogP contribution in [0.5, 0.6) is 0 Å². The minimum atomic E-state index is 0.581. The molecular weight excluding hydrogens is 234 g/mol. The van der Waals surface area contributed by atoms with E-state index in [-0.39, 0.29) is 0 Å². The maximum Gasteiger partial charge on any atom is 0.0991 e. The normalized spacial score (nSPS) is 12.5. The van der Waals surface area contributed by atoms with Crippen LogP contribution in [0.15, 0.2) is 30.5 Å². The third-order valence-electron chi connectivity index (χ3n) is 3.47. The molecule has 1 N–H and O–H groups in total. The van der Waals surface area contributed by atoms with Gasteiger partial charge in [0.2, 0.25) is 0 Å². The van der Waals surface area contributed by atoms with Crippen LogP contribution in [-0.2, 0) is 6.54 Å². The highest BCUT2D eigenvalue weighted by atomic mass is 15.0. The molecule has 0 bridgehead atoms. The summed E-state index contributed by atoms with van der Waals surface area (Å²) in [4.78, 5) is 0. The van der Waals surface area contributed by atoms with E-state index >= 15 is 0 Å². The molecule has 0 saturated heterocycles. The number of fused-ring (bicyclic) bond motifs is 1. The van der Waals surface area contributed by atoms with Gasteiger partial charge in [-0.05, 0) is 37.6 Å². The second-order valence-corrected chi connectivity index (χ2v) is 5.04. The Morgan fingerprint density at radius 3 is 2.95 bits per heavy atom. The Morgan fingerprint density at radius 2 is 2.21 bits per heavy atom. The zero-order valence-electron chi connectivity index (χ0n) is 11.7. The molecular formula is C16H21N3. The highest BCUT2D eigenvalue weighted by Gasteiger charge is 2.03. The van der Waals surface area contributed by atoms with Gasteiger partial charge in [0.15, 0.2) is 0 Å². The minimum absolute atomic E-state index is 0.581. The summed E-state index contributed by atoms with van der Waals surface area (Å²) in [5.74, 6) is 0. The van der Waals surface area contributed by atoms with Gasteiger partial charge in [0.05, 0.1) is 11.6 Å². The Morgan fingerprint density at radius 1 is 1.37 bits per heavy atom. The molecule has 0 aliphatic heterocycles. The van der Waals surface area contributed by atoms with E-state index in [4.69, 9.17) is 5.26 Å². The van der Waals surface area contributed by atoms with Gasteiger partial charge < -0.3 is 9.88 Å². The summed E-state index contributed by atoms with van der Waals surface area (Å²) in [6.07, 6.45) is 4.54. The molecule has 0 radical (unpaired) electrons. The van der Waals surface area contributed by atoms with Crippen LogP contribution in [0, 0.1) is 11.3 Å². The van der Waals surface area contributed by atoms with Crippen LogP contribution in [0.4, 0.5) is 0 Å². The molecule has 0 amide bonds. The van der Waals surface area contributed by atoms with E-state index in [0.717, 1.165) is 24.0 Å². The van der Waals surface area contributed by atoms with Crippen LogP contribution in [0.25, 0.3) is 10.9 Å². The summed E-state index contributed by atoms with van der Waals surface area (Å²) in [6, 6.07) is 10.7. The van der Waals surface area contributed by atoms with E-state index in [1.807, 2.05) is 18.2 Å². The van der Waals surface area contributed by atoms with Gasteiger partial charge in [0.1, 0.15) is 0 Å². The molecule has 3 nitrogen and oxygen atoms in total. The molecule has 1 heterocycles. The smallest absolute Gasteiger partial charge is 0.0991 e. The van der Waals surface area contributed by atoms with Gasteiger partial charge >= 0.3 is 0 Å². The second kappa shape index (κ2) is 6.40. The lowest BCUT2D eigenvalue weighted by molar-refractivity contribution is 0.489. The first kappa shape index (κ1) is 13.6. The third-order valence-corrected chi connectivity index (χ3v) is 3.47. The maximum absolute atomic E-state index is 8.89. The summed E-state index contributed by atoms with van der Waals surface area (Å²) in [5.41, 5.74) is 1.92. The molecule has 0 saturated carbocycles. The topological polar surface area (TPSA) is 40.8 Å². The number of benzene rings is 1. The van der Waals surface area contributed by atoms with E-state index in [9.17, 15) is 0 Å². The minimum Gasteiger partial charge on any atom is -0.346 e. The highest BCUT2D eigenvalue weighted by Crippen LogP contribution is 2.17. The van der Waals surface area contributed by atoms with Crippen LogP contribution in [-0.4, -0.2) is 17.2 Å². The van der Waals surface area contributed by atoms with Crippen molar-refractivity contribution < 1.29 is 0 Å². The van der Waals surface area contributed by atoms with E-state index < -0.39 is 0 Å². The van der Waals surface area contributed by atoms with Crippen LogP contribution in [0.1, 0.15) is 32.3 Å². The number of nitrogens with zero attached hydrogens (tertiary/aromatic N) is 2. The zero-order chi connectivity index (χ0) is 13.7. The molecule has 1 atom stereocenters. The first-order chi connectivity index (χ1) is 9.24. The van der Waals surface area contributed by atoms with Crippen molar-refractivity contribution in [3.05, 3.63) is 36.0 Å². The average molecular weight is 255 g/mol. The second-order valence-electron chi connectivity index (χ2n) is 5.04. The Balaban J connectivity index is 2.00. The van der Waals surface area contributed by atoms with Crippen LogP contribution in [0.3, 0.4) is 0 Å². The van der Waals surface area contributed by atoms with Gasteiger partial charge in [-0.25, -0.2) is 0 Å². The Hall–Kier alpha value is -1.79. The molecule has 1 aromatic heterocycles. The van der Waals surface area contributed by atoms with E-state index in [2.05, 4.69) is 42.1 Å². The van der Waals surface area contributed by atoms with Crippen molar-refractivity contribution in [3.63, 3.8) is 0 Å². The van der Waals surface area contributed by atoms with Crippen LogP contribution in [0.2, 0.25) is 0 Å². The molecule has 2 aromatic rings. The number of nitriles is 1. The maximum atomic E-state index is 8.89. The lowest BCUT2D eigenvalue weighted by Gasteiger charge is -2.13. The lowest BCUT2D eigenvalue weighted by atomic mass is 10.2. The predicted molar refractivity (Wildman–Crippen MR) is 79.0 cm³/mol. The first-order valence-corrected chi connectivity index (χ1v) is 6.97. The predicted octanol–water partition coefficient (Wildman–Crippen LogP) is 3.29. The SMILES string of the molecule is CCCC(C)NCCn1ccc2cc(C#N)ccc21. The standard InChI is InChI=1S/C16H21N3/c1-3-4-13(2)18-8-10-19-9-7-15-11-14(12-17)5-6-16(15)19/h5-7,9,11,13,18H,3-4,8,10H2,1-2H3. The molecule has 0 fully saturated rings. The summed E-state index contributed by atoms with van der Waals surface area (Å²) in [7, 11) is 0. The summed E-state index contributed by atoms with van der Waals surface area (Å²) < 4.78 is 2.24. The quantitative estimate of drug-likeness (QED) is 0.860. The van der Waals surface area contributed by atoms with Crippen molar-refractivity contribution in [2.24, 2.45) is 0 Å². The first-order valence-electron chi connectivity index (χ1n) is 6.97. The molecule has 0 aliphatic carbocycles. The number of hydrogen-bond donors (Lipinski definition) is 1. The molecule has 0 spiro atoms. The molecule has 3 heteroatoms. The summed E-state index contributed by atoms with van der Waals surface area (Å²) >= 11 is 0. The lowest BCUT2D eigenvalue weighted by Crippen LogP contribution is -2.29. The van der Waals surface area contributed by atoms with Crippen molar-refractivity contribution in [1.82, 2.24) is 9.88 Å².